The lowest BCUT2D eigenvalue weighted by atomic mass is 9.75. The van der Waals surface area contributed by atoms with E-state index in [4.69, 9.17) is 4.74 Å². The van der Waals surface area contributed by atoms with E-state index in [-0.39, 0.29) is 12.1 Å². The van der Waals surface area contributed by atoms with E-state index in [1.54, 1.807) is 0 Å². The van der Waals surface area contributed by atoms with Gasteiger partial charge in [-0.05, 0) is 30.6 Å². The van der Waals surface area contributed by atoms with E-state index in [1.807, 2.05) is 0 Å². The number of hydrogen-bond donors (Lipinski definition) is 0. The van der Waals surface area contributed by atoms with Crippen LogP contribution in [0, 0.1) is 17.8 Å². The molecule has 0 bridgehead atoms. The van der Waals surface area contributed by atoms with Gasteiger partial charge in [-0.3, -0.25) is 4.79 Å². The number of ether oxygens (including phenoxy) is 1. The van der Waals surface area contributed by atoms with Crippen LogP contribution in [0.1, 0.15) is 47.0 Å². The third-order valence-electron chi connectivity index (χ3n) is 3.28. The second kappa shape index (κ2) is 4.81. The van der Waals surface area contributed by atoms with Gasteiger partial charge in [0.05, 0.1) is 0 Å². The van der Waals surface area contributed by atoms with Crippen molar-refractivity contribution in [3.8, 4) is 0 Å². The molecule has 0 radical (unpaired) electrons. The molecule has 2 unspecified atom stereocenters. The minimum atomic E-state index is -0.130. The van der Waals surface area contributed by atoms with Crippen molar-refractivity contribution < 1.29 is 9.53 Å². The molecule has 0 aromatic rings. The van der Waals surface area contributed by atoms with Crippen LogP contribution in [-0.4, -0.2) is 12.1 Å². The molecule has 0 aromatic heterocycles. The number of rotatable bonds is 2. The first-order chi connectivity index (χ1) is 6.50. The van der Waals surface area contributed by atoms with Gasteiger partial charge < -0.3 is 4.74 Å². The molecule has 0 aliphatic heterocycles. The summed E-state index contributed by atoms with van der Waals surface area (Å²) >= 11 is 0. The number of carbonyl (C=O) groups excluding carboxylic acids is 1. The Morgan fingerprint density at radius 1 is 1.36 bits per heavy atom. The van der Waals surface area contributed by atoms with Crippen molar-refractivity contribution in [2.24, 2.45) is 17.8 Å². The van der Waals surface area contributed by atoms with Gasteiger partial charge in [-0.25, -0.2) is 0 Å². The highest BCUT2D eigenvalue weighted by Gasteiger charge is 2.32. The summed E-state index contributed by atoms with van der Waals surface area (Å²) in [4.78, 5) is 11.0. The van der Waals surface area contributed by atoms with Gasteiger partial charge in [-0.15, -0.1) is 0 Å². The smallest absolute Gasteiger partial charge is 0.302 e. The zero-order valence-corrected chi connectivity index (χ0v) is 9.75. The Morgan fingerprint density at radius 2 is 2.00 bits per heavy atom. The Morgan fingerprint density at radius 3 is 2.50 bits per heavy atom. The van der Waals surface area contributed by atoms with E-state index in [2.05, 4.69) is 20.8 Å². The molecule has 0 amide bonds. The van der Waals surface area contributed by atoms with Crippen molar-refractivity contribution >= 4 is 5.97 Å². The average Bonchev–Trinajstić information content (AvgIpc) is 2.01. The van der Waals surface area contributed by atoms with Crippen LogP contribution in [0.15, 0.2) is 0 Å². The van der Waals surface area contributed by atoms with Gasteiger partial charge in [0.2, 0.25) is 0 Å². The van der Waals surface area contributed by atoms with E-state index in [0.717, 1.165) is 6.42 Å². The highest BCUT2D eigenvalue weighted by atomic mass is 16.5. The van der Waals surface area contributed by atoms with Crippen LogP contribution in [-0.2, 0) is 9.53 Å². The fourth-order valence-electron chi connectivity index (χ4n) is 2.46. The molecular weight excluding hydrogens is 176 g/mol. The molecular formula is C12H22O2. The first kappa shape index (κ1) is 11.5. The van der Waals surface area contributed by atoms with Gasteiger partial charge in [0, 0.05) is 6.92 Å². The molecule has 0 N–H and O–H groups in total. The molecule has 1 rings (SSSR count). The predicted octanol–water partition coefficient (Wildman–Crippen LogP) is 3.01. The lowest BCUT2D eigenvalue weighted by Crippen LogP contribution is -2.35. The van der Waals surface area contributed by atoms with Gasteiger partial charge >= 0.3 is 5.97 Å². The summed E-state index contributed by atoms with van der Waals surface area (Å²) in [5.74, 6) is 1.76. The quantitative estimate of drug-likeness (QED) is 0.637. The third-order valence-corrected chi connectivity index (χ3v) is 3.28. The summed E-state index contributed by atoms with van der Waals surface area (Å²) in [6.07, 6.45) is 3.69. The fraction of sp³-hybridized carbons (Fsp3) is 0.917. The zero-order valence-electron chi connectivity index (χ0n) is 9.75. The largest absolute Gasteiger partial charge is 0.462 e. The van der Waals surface area contributed by atoms with E-state index in [9.17, 15) is 4.79 Å². The second-order valence-electron chi connectivity index (χ2n) is 4.97. The molecule has 1 saturated carbocycles. The van der Waals surface area contributed by atoms with Crippen molar-refractivity contribution in [2.45, 2.75) is 53.1 Å². The molecule has 2 nitrogen and oxygen atoms in total. The summed E-state index contributed by atoms with van der Waals surface area (Å²) in [7, 11) is 0. The van der Waals surface area contributed by atoms with Gasteiger partial charge in [-0.2, -0.15) is 0 Å². The summed E-state index contributed by atoms with van der Waals surface area (Å²) in [5, 5.41) is 0. The Kier molecular flexibility index (Phi) is 3.97. The monoisotopic (exact) mass is 198 g/mol. The van der Waals surface area contributed by atoms with Crippen LogP contribution < -0.4 is 0 Å². The zero-order chi connectivity index (χ0) is 10.7. The van der Waals surface area contributed by atoms with E-state index >= 15 is 0 Å². The van der Waals surface area contributed by atoms with Crippen LogP contribution in [0.25, 0.3) is 0 Å². The third kappa shape index (κ3) is 3.00. The Labute approximate surface area is 87.0 Å². The molecule has 1 aliphatic rings. The van der Waals surface area contributed by atoms with Crippen molar-refractivity contribution in [2.75, 3.05) is 0 Å². The van der Waals surface area contributed by atoms with Crippen LogP contribution in [0.3, 0.4) is 0 Å². The van der Waals surface area contributed by atoms with Gasteiger partial charge in [-0.1, -0.05) is 27.2 Å². The highest BCUT2D eigenvalue weighted by Crippen LogP contribution is 2.35. The average molecular weight is 198 g/mol. The van der Waals surface area contributed by atoms with Gasteiger partial charge in [0.25, 0.3) is 0 Å². The highest BCUT2D eigenvalue weighted by molar-refractivity contribution is 5.66. The summed E-state index contributed by atoms with van der Waals surface area (Å²) in [6, 6.07) is 0. The number of esters is 1. The first-order valence-electron chi connectivity index (χ1n) is 5.68. The maximum Gasteiger partial charge on any atom is 0.302 e. The normalized spacial score (nSPS) is 33.1. The molecule has 82 valence electrons. The lowest BCUT2D eigenvalue weighted by molar-refractivity contribution is -0.153. The predicted molar refractivity (Wildman–Crippen MR) is 56.9 cm³/mol. The lowest BCUT2D eigenvalue weighted by Gasteiger charge is -2.36. The number of hydrogen-bond acceptors (Lipinski definition) is 2. The summed E-state index contributed by atoms with van der Waals surface area (Å²) < 4.78 is 5.40. The summed E-state index contributed by atoms with van der Waals surface area (Å²) in [6.45, 7) is 8.19. The molecule has 2 heteroatoms. The molecule has 1 fully saturated rings. The maximum absolute atomic E-state index is 11.0. The van der Waals surface area contributed by atoms with Crippen LogP contribution in [0.2, 0.25) is 0 Å². The minimum absolute atomic E-state index is 0.130. The minimum Gasteiger partial charge on any atom is -0.462 e. The van der Waals surface area contributed by atoms with E-state index in [0.29, 0.717) is 17.8 Å². The molecule has 0 spiro atoms. The maximum atomic E-state index is 11.0. The molecule has 0 saturated heterocycles. The first-order valence-corrected chi connectivity index (χ1v) is 5.68. The standard InChI is InChI=1S/C12H22O2/c1-8(2)11-6-5-9(3)7-12(11)14-10(4)13/h8-9,11-12H,5-7H2,1-4H3/t9?,11-,12?/m1/s1. The van der Waals surface area contributed by atoms with Crippen LogP contribution in [0.5, 0.6) is 0 Å². The Bertz CT molecular complexity index is 198. The van der Waals surface area contributed by atoms with Crippen LogP contribution >= 0.6 is 0 Å². The van der Waals surface area contributed by atoms with E-state index in [1.165, 1.54) is 19.8 Å². The van der Waals surface area contributed by atoms with Crippen LogP contribution in [0.4, 0.5) is 0 Å². The number of carbonyl (C=O) groups is 1. The topological polar surface area (TPSA) is 26.3 Å². The molecule has 3 atom stereocenters. The summed E-state index contributed by atoms with van der Waals surface area (Å²) in [5.41, 5.74) is 0. The molecule has 14 heavy (non-hydrogen) atoms. The van der Waals surface area contributed by atoms with Crippen molar-refractivity contribution in [1.29, 1.82) is 0 Å². The second-order valence-corrected chi connectivity index (χ2v) is 4.97. The Balaban J connectivity index is 2.58. The molecule has 0 heterocycles. The molecule has 0 aromatic carbocycles. The SMILES string of the molecule is CC(=O)OC1CC(C)CC[C@@H]1C(C)C. The molecule has 1 aliphatic carbocycles. The van der Waals surface area contributed by atoms with Crippen molar-refractivity contribution in [3.63, 3.8) is 0 Å². The van der Waals surface area contributed by atoms with E-state index < -0.39 is 0 Å². The van der Waals surface area contributed by atoms with Crippen molar-refractivity contribution in [3.05, 3.63) is 0 Å². The fourth-order valence-corrected chi connectivity index (χ4v) is 2.46. The van der Waals surface area contributed by atoms with Gasteiger partial charge in [0.1, 0.15) is 6.10 Å². The van der Waals surface area contributed by atoms with Crippen molar-refractivity contribution in [1.82, 2.24) is 0 Å². The Hall–Kier alpha value is -0.530. The van der Waals surface area contributed by atoms with Gasteiger partial charge in [0.15, 0.2) is 0 Å².